The van der Waals surface area contributed by atoms with Gasteiger partial charge in [-0.25, -0.2) is 4.39 Å². The molecule has 0 fully saturated rings. The van der Waals surface area contributed by atoms with Crippen molar-refractivity contribution < 1.29 is 4.39 Å². The molecule has 0 aliphatic rings. The molecule has 0 radical (unpaired) electrons. The van der Waals surface area contributed by atoms with Crippen molar-refractivity contribution in [2.75, 3.05) is 6.54 Å². The normalized spacial score (nSPS) is 12.6. The number of hydrogen-bond donors (Lipinski definition) is 1. The third-order valence-corrected chi connectivity index (χ3v) is 3.39. The fourth-order valence-electron chi connectivity index (χ4n) is 2.21. The smallest absolute Gasteiger partial charge is 0.126 e. The van der Waals surface area contributed by atoms with Crippen molar-refractivity contribution in [2.24, 2.45) is 7.05 Å². The highest BCUT2D eigenvalue weighted by Gasteiger charge is 2.19. The van der Waals surface area contributed by atoms with Gasteiger partial charge in [0, 0.05) is 7.05 Å². The SMILES string of the molecule is CCNC(Cc1ccccc1F)c1c(Cl)cnn1C. The minimum Gasteiger partial charge on any atom is -0.309 e. The van der Waals surface area contributed by atoms with E-state index in [-0.39, 0.29) is 11.9 Å². The van der Waals surface area contributed by atoms with Crippen LogP contribution in [-0.2, 0) is 13.5 Å². The zero-order valence-electron chi connectivity index (χ0n) is 11.0. The van der Waals surface area contributed by atoms with Gasteiger partial charge in [0.25, 0.3) is 0 Å². The molecule has 1 atom stereocenters. The zero-order chi connectivity index (χ0) is 13.8. The Hall–Kier alpha value is -1.39. The van der Waals surface area contributed by atoms with Gasteiger partial charge in [-0.05, 0) is 24.6 Å². The summed E-state index contributed by atoms with van der Waals surface area (Å²) in [5, 5.41) is 8.07. The zero-order valence-corrected chi connectivity index (χ0v) is 11.8. The highest BCUT2D eigenvalue weighted by atomic mass is 35.5. The molecule has 0 saturated carbocycles. The highest BCUT2D eigenvalue weighted by Crippen LogP contribution is 2.25. The van der Waals surface area contributed by atoms with E-state index in [1.54, 1.807) is 23.0 Å². The molecule has 2 rings (SSSR count). The van der Waals surface area contributed by atoms with Gasteiger partial charge in [0.05, 0.1) is 23.0 Å². The molecule has 1 aromatic heterocycles. The van der Waals surface area contributed by atoms with Crippen molar-refractivity contribution in [3.8, 4) is 0 Å². The summed E-state index contributed by atoms with van der Waals surface area (Å²) in [5.41, 5.74) is 1.55. The van der Waals surface area contributed by atoms with E-state index in [2.05, 4.69) is 10.4 Å². The minimum atomic E-state index is -0.191. The third kappa shape index (κ3) is 3.14. The summed E-state index contributed by atoms with van der Waals surface area (Å²) in [6.45, 7) is 2.79. The van der Waals surface area contributed by atoms with Crippen LogP contribution in [0.15, 0.2) is 30.5 Å². The lowest BCUT2D eigenvalue weighted by Crippen LogP contribution is -2.25. The summed E-state index contributed by atoms with van der Waals surface area (Å²) in [6.07, 6.45) is 2.16. The maximum Gasteiger partial charge on any atom is 0.126 e. The molecule has 3 nitrogen and oxygen atoms in total. The van der Waals surface area contributed by atoms with Crippen LogP contribution < -0.4 is 5.32 Å². The standard InChI is InChI=1S/C14H17ClFN3/c1-3-17-13(14-11(15)9-18-19(14)2)8-10-6-4-5-7-12(10)16/h4-7,9,13,17H,3,8H2,1-2H3. The second kappa shape index (κ2) is 6.17. The van der Waals surface area contributed by atoms with E-state index < -0.39 is 0 Å². The van der Waals surface area contributed by atoms with Crippen LogP contribution in [0.5, 0.6) is 0 Å². The highest BCUT2D eigenvalue weighted by molar-refractivity contribution is 6.31. The van der Waals surface area contributed by atoms with Crippen LogP contribution in [-0.4, -0.2) is 16.3 Å². The Kier molecular flexibility index (Phi) is 4.56. The summed E-state index contributed by atoms with van der Waals surface area (Å²) in [7, 11) is 1.84. The van der Waals surface area contributed by atoms with Gasteiger partial charge in [-0.1, -0.05) is 36.7 Å². The number of hydrogen-bond acceptors (Lipinski definition) is 2. The van der Waals surface area contributed by atoms with Crippen molar-refractivity contribution >= 4 is 11.6 Å². The van der Waals surface area contributed by atoms with E-state index in [9.17, 15) is 4.39 Å². The number of likely N-dealkylation sites (N-methyl/N-ethyl adjacent to an activating group) is 1. The van der Waals surface area contributed by atoms with Gasteiger partial charge in [-0.3, -0.25) is 4.68 Å². The Morgan fingerprint density at radius 3 is 2.74 bits per heavy atom. The lowest BCUT2D eigenvalue weighted by atomic mass is 10.0. The van der Waals surface area contributed by atoms with Crippen molar-refractivity contribution in [2.45, 2.75) is 19.4 Å². The van der Waals surface area contributed by atoms with Crippen LogP contribution in [0, 0.1) is 5.82 Å². The van der Waals surface area contributed by atoms with E-state index >= 15 is 0 Å². The van der Waals surface area contributed by atoms with E-state index in [1.165, 1.54) is 6.07 Å². The summed E-state index contributed by atoms with van der Waals surface area (Å²) < 4.78 is 15.5. The Labute approximate surface area is 117 Å². The molecule has 1 unspecified atom stereocenters. The molecule has 0 spiro atoms. The van der Waals surface area contributed by atoms with Gasteiger partial charge in [-0.15, -0.1) is 0 Å². The summed E-state index contributed by atoms with van der Waals surface area (Å²) >= 11 is 6.16. The minimum absolute atomic E-state index is 0.0538. The number of aromatic nitrogens is 2. The number of benzene rings is 1. The largest absolute Gasteiger partial charge is 0.309 e. The number of halogens is 2. The molecule has 1 N–H and O–H groups in total. The van der Waals surface area contributed by atoms with Gasteiger partial charge < -0.3 is 5.32 Å². The fourth-order valence-corrected chi connectivity index (χ4v) is 2.51. The maximum atomic E-state index is 13.7. The van der Waals surface area contributed by atoms with Gasteiger partial charge in [0.1, 0.15) is 5.82 Å². The van der Waals surface area contributed by atoms with Crippen molar-refractivity contribution in [3.63, 3.8) is 0 Å². The average Bonchev–Trinajstić information content (AvgIpc) is 2.71. The Balaban J connectivity index is 2.29. The van der Waals surface area contributed by atoms with Gasteiger partial charge in [0.2, 0.25) is 0 Å². The average molecular weight is 282 g/mol. The Morgan fingerprint density at radius 1 is 1.42 bits per heavy atom. The topological polar surface area (TPSA) is 29.9 Å². The molecule has 2 aromatic rings. The quantitative estimate of drug-likeness (QED) is 0.913. The van der Waals surface area contributed by atoms with Gasteiger partial charge in [-0.2, -0.15) is 5.10 Å². The molecular weight excluding hydrogens is 265 g/mol. The fraction of sp³-hybridized carbons (Fsp3) is 0.357. The van der Waals surface area contributed by atoms with E-state index in [1.807, 2.05) is 20.0 Å². The van der Waals surface area contributed by atoms with Crippen LogP contribution in [0.2, 0.25) is 5.02 Å². The van der Waals surface area contributed by atoms with Crippen LogP contribution in [0.3, 0.4) is 0 Å². The maximum absolute atomic E-state index is 13.7. The molecule has 1 aromatic carbocycles. The summed E-state index contributed by atoms with van der Waals surface area (Å²) in [4.78, 5) is 0. The van der Waals surface area contributed by atoms with Crippen LogP contribution in [0.1, 0.15) is 24.2 Å². The first-order chi connectivity index (χ1) is 9.13. The first kappa shape index (κ1) is 14.0. The number of rotatable bonds is 5. The number of aryl methyl sites for hydroxylation is 1. The third-order valence-electron chi connectivity index (χ3n) is 3.10. The van der Waals surface area contributed by atoms with Gasteiger partial charge in [0.15, 0.2) is 0 Å². The molecule has 1 heterocycles. The molecule has 0 saturated heterocycles. The molecule has 19 heavy (non-hydrogen) atoms. The Bertz CT molecular complexity index is 534. The predicted molar refractivity (Wildman–Crippen MR) is 74.7 cm³/mol. The van der Waals surface area contributed by atoms with E-state index in [0.29, 0.717) is 17.0 Å². The number of nitrogens with one attached hydrogen (secondary N) is 1. The first-order valence-electron chi connectivity index (χ1n) is 6.27. The molecule has 0 aliphatic heterocycles. The second-order valence-electron chi connectivity index (χ2n) is 4.41. The van der Waals surface area contributed by atoms with E-state index in [4.69, 9.17) is 11.6 Å². The summed E-state index contributed by atoms with van der Waals surface area (Å²) in [6, 6.07) is 6.75. The lowest BCUT2D eigenvalue weighted by molar-refractivity contribution is 0.495. The molecule has 5 heteroatoms. The molecule has 0 amide bonds. The van der Waals surface area contributed by atoms with Gasteiger partial charge >= 0.3 is 0 Å². The second-order valence-corrected chi connectivity index (χ2v) is 4.81. The lowest BCUT2D eigenvalue weighted by Gasteiger charge is -2.19. The Morgan fingerprint density at radius 2 is 2.16 bits per heavy atom. The van der Waals surface area contributed by atoms with E-state index in [0.717, 1.165) is 12.2 Å². The van der Waals surface area contributed by atoms with Crippen molar-refractivity contribution in [1.29, 1.82) is 0 Å². The van der Waals surface area contributed by atoms with Crippen molar-refractivity contribution in [3.05, 3.63) is 52.6 Å². The van der Waals surface area contributed by atoms with Crippen LogP contribution in [0.25, 0.3) is 0 Å². The molecular formula is C14H17ClFN3. The monoisotopic (exact) mass is 281 g/mol. The van der Waals surface area contributed by atoms with Crippen LogP contribution in [0.4, 0.5) is 4.39 Å². The molecule has 102 valence electrons. The molecule has 0 aliphatic carbocycles. The van der Waals surface area contributed by atoms with Crippen LogP contribution >= 0.6 is 11.6 Å². The predicted octanol–water partition coefficient (Wildman–Crippen LogP) is 3.11. The molecule has 0 bridgehead atoms. The first-order valence-corrected chi connectivity index (χ1v) is 6.65. The summed E-state index contributed by atoms with van der Waals surface area (Å²) in [5.74, 6) is -0.191. The number of nitrogens with zero attached hydrogens (tertiary/aromatic N) is 2. The van der Waals surface area contributed by atoms with Crippen molar-refractivity contribution in [1.82, 2.24) is 15.1 Å².